The Balaban J connectivity index is 1.40. The summed E-state index contributed by atoms with van der Waals surface area (Å²) in [5, 5.41) is 3.34. The molecule has 0 aromatic carbocycles. The summed E-state index contributed by atoms with van der Waals surface area (Å²) < 4.78 is 0. The van der Waals surface area contributed by atoms with Crippen molar-refractivity contribution in [1.29, 1.82) is 0 Å². The third kappa shape index (κ3) is 2.24. The molecular formula is C17H26BrNO. The van der Waals surface area contributed by atoms with Crippen molar-refractivity contribution < 1.29 is 4.79 Å². The van der Waals surface area contributed by atoms with Crippen LogP contribution in [-0.4, -0.2) is 17.3 Å². The van der Waals surface area contributed by atoms with E-state index in [-0.39, 0.29) is 5.41 Å². The Bertz CT molecular complexity index is 373. The summed E-state index contributed by atoms with van der Waals surface area (Å²) in [7, 11) is 0. The molecule has 0 aromatic heterocycles. The molecule has 0 aromatic rings. The molecule has 5 fully saturated rings. The lowest BCUT2D eigenvalue weighted by molar-refractivity contribution is -0.146. The Morgan fingerprint density at radius 2 is 1.65 bits per heavy atom. The molecule has 5 aliphatic rings. The monoisotopic (exact) mass is 339 g/mol. The van der Waals surface area contributed by atoms with Crippen LogP contribution in [-0.2, 0) is 4.79 Å². The molecule has 2 unspecified atom stereocenters. The number of nitrogens with one attached hydrogen (secondary N) is 1. The Morgan fingerprint density at radius 3 is 2.15 bits per heavy atom. The molecular weight excluding hydrogens is 314 g/mol. The number of alkyl halides is 1. The Morgan fingerprint density at radius 1 is 1.05 bits per heavy atom. The molecule has 1 amide bonds. The molecule has 0 aliphatic heterocycles. The van der Waals surface area contributed by atoms with Crippen LogP contribution in [0.1, 0.15) is 57.8 Å². The van der Waals surface area contributed by atoms with Crippen molar-refractivity contribution in [2.75, 3.05) is 6.54 Å². The first-order valence-electron chi connectivity index (χ1n) is 8.57. The van der Waals surface area contributed by atoms with Gasteiger partial charge in [0.1, 0.15) is 0 Å². The molecule has 0 heterocycles. The van der Waals surface area contributed by atoms with Crippen molar-refractivity contribution in [3.8, 4) is 0 Å². The van der Waals surface area contributed by atoms with Crippen molar-refractivity contribution in [1.82, 2.24) is 5.32 Å². The van der Waals surface area contributed by atoms with Gasteiger partial charge in [0, 0.05) is 16.8 Å². The van der Waals surface area contributed by atoms with Crippen molar-refractivity contribution in [2.24, 2.45) is 29.1 Å². The minimum absolute atomic E-state index is 0.0369. The van der Waals surface area contributed by atoms with E-state index in [1.807, 2.05) is 0 Å². The number of halogens is 1. The van der Waals surface area contributed by atoms with Crippen molar-refractivity contribution in [3.05, 3.63) is 0 Å². The Kier molecular flexibility index (Phi) is 3.40. The predicted octanol–water partition coefficient (Wildman–Crippen LogP) is 3.88. The third-order valence-electron chi connectivity index (χ3n) is 6.61. The van der Waals surface area contributed by atoms with Gasteiger partial charge in [-0.15, -0.1) is 0 Å². The number of hydrogen-bond donors (Lipinski definition) is 1. The van der Waals surface area contributed by atoms with E-state index in [9.17, 15) is 4.79 Å². The lowest BCUT2D eigenvalue weighted by Gasteiger charge is -2.55. The highest BCUT2D eigenvalue weighted by Crippen LogP contribution is 2.60. The van der Waals surface area contributed by atoms with E-state index in [2.05, 4.69) is 21.2 Å². The fourth-order valence-corrected chi connectivity index (χ4v) is 6.80. The second-order valence-electron chi connectivity index (χ2n) is 8.11. The Hall–Kier alpha value is -0.0500. The highest BCUT2D eigenvalue weighted by atomic mass is 79.9. The molecule has 0 radical (unpaired) electrons. The van der Waals surface area contributed by atoms with E-state index in [1.54, 1.807) is 0 Å². The average molecular weight is 340 g/mol. The smallest absolute Gasteiger partial charge is 0.226 e. The SMILES string of the molecule is O=C(NCC1CCCC1Br)C12CC3CC(CC(C3)C1)C2. The highest BCUT2D eigenvalue weighted by molar-refractivity contribution is 9.09. The van der Waals surface area contributed by atoms with E-state index in [4.69, 9.17) is 0 Å². The average Bonchev–Trinajstić information content (AvgIpc) is 2.80. The van der Waals surface area contributed by atoms with Crippen molar-refractivity contribution >= 4 is 21.8 Å². The minimum atomic E-state index is 0.0369. The van der Waals surface area contributed by atoms with Crippen molar-refractivity contribution in [2.45, 2.75) is 62.6 Å². The maximum Gasteiger partial charge on any atom is 0.226 e. The van der Waals surface area contributed by atoms with Crippen LogP contribution >= 0.6 is 15.9 Å². The van der Waals surface area contributed by atoms with Gasteiger partial charge in [0.15, 0.2) is 0 Å². The topological polar surface area (TPSA) is 29.1 Å². The summed E-state index contributed by atoms with van der Waals surface area (Å²) in [4.78, 5) is 13.5. The number of carbonyl (C=O) groups is 1. The predicted molar refractivity (Wildman–Crippen MR) is 83.7 cm³/mol. The molecule has 112 valence electrons. The molecule has 5 aliphatic carbocycles. The van der Waals surface area contributed by atoms with Crippen LogP contribution in [0.15, 0.2) is 0 Å². The molecule has 5 rings (SSSR count). The van der Waals surface area contributed by atoms with Gasteiger partial charge >= 0.3 is 0 Å². The third-order valence-corrected chi connectivity index (χ3v) is 7.82. The standard InChI is InChI=1S/C17H26BrNO/c18-15-3-1-2-14(15)10-19-16(20)17-7-11-4-12(8-17)6-13(5-11)9-17/h11-15H,1-10H2,(H,19,20). The van der Waals surface area contributed by atoms with Gasteiger partial charge in [-0.1, -0.05) is 22.4 Å². The fraction of sp³-hybridized carbons (Fsp3) is 0.941. The van der Waals surface area contributed by atoms with Crippen LogP contribution < -0.4 is 5.32 Å². The second-order valence-corrected chi connectivity index (χ2v) is 9.29. The zero-order chi connectivity index (χ0) is 13.7. The van der Waals surface area contributed by atoms with E-state index >= 15 is 0 Å². The normalized spacial score (nSPS) is 49.5. The first-order valence-corrected chi connectivity index (χ1v) is 9.48. The fourth-order valence-electron chi connectivity index (χ4n) is 6.02. The van der Waals surface area contributed by atoms with Gasteiger partial charge in [-0.2, -0.15) is 0 Å². The van der Waals surface area contributed by atoms with Gasteiger partial charge in [-0.3, -0.25) is 4.79 Å². The molecule has 2 atom stereocenters. The first-order chi connectivity index (χ1) is 9.64. The lowest BCUT2D eigenvalue weighted by Crippen LogP contribution is -2.54. The molecule has 3 heteroatoms. The van der Waals surface area contributed by atoms with Crippen LogP contribution in [0.3, 0.4) is 0 Å². The van der Waals surface area contributed by atoms with Crippen LogP contribution in [0, 0.1) is 29.1 Å². The first kappa shape index (κ1) is 13.6. The molecule has 0 saturated heterocycles. The van der Waals surface area contributed by atoms with Gasteiger partial charge in [0.25, 0.3) is 0 Å². The molecule has 5 saturated carbocycles. The van der Waals surface area contributed by atoms with E-state index in [1.165, 1.54) is 57.8 Å². The largest absolute Gasteiger partial charge is 0.355 e. The maximum atomic E-state index is 12.8. The molecule has 20 heavy (non-hydrogen) atoms. The van der Waals surface area contributed by atoms with Crippen LogP contribution in [0.5, 0.6) is 0 Å². The lowest BCUT2D eigenvalue weighted by atomic mass is 9.49. The summed E-state index contributed by atoms with van der Waals surface area (Å²) in [5.74, 6) is 3.66. The highest BCUT2D eigenvalue weighted by Gasteiger charge is 2.54. The second kappa shape index (κ2) is 5.00. The molecule has 0 spiro atoms. The van der Waals surface area contributed by atoms with Crippen LogP contribution in [0.2, 0.25) is 0 Å². The maximum absolute atomic E-state index is 12.8. The molecule has 4 bridgehead atoms. The van der Waals surface area contributed by atoms with Crippen molar-refractivity contribution in [3.63, 3.8) is 0 Å². The van der Waals surface area contributed by atoms with E-state index in [0.29, 0.717) is 16.7 Å². The number of rotatable bonds is 3. The van der Waals surface area contributed by atoms with Gasteiger partial charge < -0.3 is 5.32 Å². The number of amides is 1. The minimum Gasteiger partial charge on any atom is -0.355 e. The quantitative estimate of drug-likeness (QED) is 0.776. The zero-order valence-corrected chi connectivity index (χ0v) is 13.8. The van der Waals surface area contributed by atoms with E-state index < -0.39 is 0 Å². The van der Waals surface area contributed by atoms with Crippen LogP contribution in [0.25, 0.3) is 0 Å². The zero-order valence-electron chi connectivity index (χ0n) is 12.2. The molecule has 1 N–H and O–H groups in total. The summed E-state index contributed by atoms with van der Waals surface area (Å²) >= 11 is 3.77. The molecule has 2 nitrogen and oxygen atoms in total. The summed E-state index contributed by atoms with van der Waals surface area (Å²) in [6.07, 6.45) is 11.7. The Labute approximate surface area is 130 Å². The summed E-state index contributed by atoms with van der Waals surface area (Å²) in [6.45, 7) is 0.899. The summed E-state index contributed by atoms with van der Waals surface area (Å²) in [5.41, 5.74) is 0.0369. The van der Waals surface area contributed by atoms with Crippen LogP contribution in [0.4, 0.5) is 0 Å². The van der Waals surface area contributed by atoms with Gasteiger partial charge in [0.05, 0.1) is 0 Å². The van der Waals surface area contributed by atoms with Gasteiger partial charge in [-0.25, -0.2) is 0 Å². The number of carbonyl (C=O) groups excluding carboxylic acids is 1. The van der Waals surface area contributed by atoms with Gasteiger partial charge in [-0.05, 0) is 75.0 Å². The van der Waals surface area contributed by atoms with Gasteiger partial charge in [0.2, 0.25) is 5.91 Å². The number of hydrogen-bond acceptors (Lipinski definition) is 1. The van der Waals surface area contributed by atoms with E-state index in [0.717, 1.165) is 24.3 Å². The summed E-state index contributed by atoms with van der Waals surface area (Å²) in [6, 6.07) is 0.